The van der Waals surface area contributed by atoms with E-state index in [-0.39, 0.29) is 24.5 Å². The van der Waals surface area contributed by atoms with E-state index in [9.17, 15) is 14.7 Å². The highest BCUT2D eigenvalue weighted by atomic mass is 16.3. The van der Waals surface area contributed by atoms with E-state index in [0.29, 0.717) is 24.6 Å². The lowest BCUT2D eigenvalue weighted by molar-refractivity contribution is -0.135. The first-order valence-electron chi connectivity index (χ1n) is 12.7. The smallest absolute Gasteiger partial charge is 0.252 e. The van der Waals surface area contributed by atoms with Gasteiger partial charge < -0.3 is 20.3 Å². The molecule has 2 aliphatic heterocycles. The summed E-state index contributed by atoms with van der Waals surface area (Å²) < 4.78 is 0. The third-order valence-corrected chi connectivity index (χ3v) is 7.60. The lowest BCUT2D eigenvalue weighted by Gasteiger charge is -2.36. The Morgan fingerprint density at radius 3 is 2.60 bits per heavy atom. The SMILES string of the molecule is O=C(N[C@@H](C(=O)N1CCC(CN2CCC[C@H]2CO)CC1)c1ccccc1)c1ccc2cc[nH]c2c1. The molecule has 3 heterocycles. The van der Waals surface area contributed by atoms with Gasteiger partial charge in [-0.1, -0.05) is 36.4 Å². The fourth-order valence-corrected chi connectivity index (χ4v) is 5.53. The number of aromatic amines is 1. The van der Waals surface area contributed by atoms with Crippen LogP contribution in [0.25, 0.3) is 10.9 Å². The van der Waals surface area contributed by atoms with Gasteiger partial charge >= 0.3 is 0 Å². The summed E-state index contributed by atoms with van der Waals surface area (Å²) in [5, 5.41) is 13.7. The molecule has 5 rings (SSSR count). The number of hydrogen-bond donors (Lipinski definition) is 3. The first-order chi connectivity index (χ1) is 17.1. The molecule has 0 saturated carbocycles. The molecule has 35 heavy (non-hydrogen) atoms. The molecule has 0 bridgehead atoms. The van der Waals surface area contributed by atoms with Crippen LogP contribution in [-0.2, 0) is 4.79 Å². The second-order valence-electron chi connectivity index (χ2n) is 9.84. The molecular weight excluding hydrogens is 440 g/mol. The standard InChI is InChI=1S/C28H34N4O3/c33-19-24-7-4-14-32(24)18-20-11-15-31(16-12-20)28(35)26(22-5-2-1-3-6-22)30-27(34)23-9-8-21-10-13-29-25(21)17-23/h1-3,5-6,8-10,13,17,20,24,26,29,33H,4,7,11-12,14-16,18-19H2,(H,30,34)/t24-,26+/m0/s1. The number of nitrogens with zero attached hydrogens (tertiary/aromatic N) is 2. The quantitative estimate of drug-likeness (QED) is 0.490. The van der Waals surface area contributed by atoms with Crippen LogP contribution in [-0.4, -0.2) is 70.5 Å². The van der Waals surface area contributed by atoms with E-state index in [1.54, 1.807) is 6.07 Å². The van der Waals surface area contributed by atoms with Crippen LogP contribution in [0, 0.1) is 5.92 Å². The maximum atomic E-state index is 13.6. The monoisotopic (exact) mass is 474 g/mol. The van der Waals surface area contributed by atoms with Crippen LogP contribution in [0.15, 0.2) is 60.8 Å². The van der Waals surface area contributed by atoms with Crippen LogP contribution in [0.1, 0.15) is 47.6 Å². The number of benzene rings is 2. The van der Waals surface area contributed by atoms with E-state index in [2.05, 4.69) is 15.2 Å². The molecule has 7 heteroatoms. The van der Waals surface area contributed by atoms with Gasteiger partial charge in [0.05, 0.1) is 6.61 Å². The Labute approximate surface area is 206 Å². The Morgan fingerprint density at radius 1 is 1.03 bits per heavy atom. The average Bonchev–Trinajstić information content (AvgIpc) is 3.56. The second kappa shape index (κ2) is 10.6. The molecule has 7 nitrogen and oxygen atoms in total. The zero-order valence-electron chi connectivity index (χ0n) is 20.0. The highest BCUT2D eigenvalue weighted by Crippen LogP contribution is 2.26. The van der Waals surface area contributed by atoms with Crippen molar-refractivity contribution in [3.63, 3.8) is 0 Å². The van der Waals surface area contributed by atoms with Crippen molar-refractivity contribution in [3.8, 4) is 0 Å². The number of aliphatic hydroxyl groups excluding tert-OH is 1. The molecule has 2 aliphatic rings. The van der Waals surface area contributed by atoms with Gasteiger partial charge in [-0.3, -0.25) is 14.5 Å². The van der Waals surface area contributed by atoms with Crippen LogP contribution in [0.2, 0.25) is 0 Å². The van der Waals surface area contributed by atoms with Crippen molar-refractivity contribution < 1.29 is 14.7 Å². The first kappa shape index (κ1) is 23.6. The van der Waals surface area contributed by atoms with Gasteiger partial charge in [-0.25, -0.2) is 0 Å². The van der Waals surface area contributed by atoms with Crippen molar-refractivity contribution in [1.82, 2.24) is 20.1 Å². The minimum atomic E-state index is -0.725. The first-order valence-corrected chi connectivity index (χ1v) is 12.7. The average molecular weight is 475 g/mol. The Balaban J connectivity index is 1.26. The van der Waals surface area contributed by atoms with Gasteiger partial charge in [-0.15, -0.1) is 0 Å². The summed E-state index contributed by atoms with van der Waals surface area (Å²) in [6.07, 6.45) is 5.96. The van der Waals surface area contributed by atoms with Crippen LogP contribution in [0.3, 0.4) is 0 Å². The van der Waals surface area contributed by atoms with E-state index in [0.717, 1.165) is 55.2 Å². The highest BCUT2D eigenvalue weighted by Gasteiger charge is 2.32. The molecule has 184 valence electrons. The van der Waals surface area contributed by atoms with Crippen molar-refractivity contribution in [1.29, 1.82) is 0 Å². The third-order valence-electron chi connectivity index (χ3n) is 7.60. The topological polar surface area (TPSA) is 88.7 Å². The maximum Gasteiger partial charge on any atom is 0.252 e. The molecular formula is C28H34N4O3. The maximum absolute atomic E-state index is 13.6. The normalized spacial score (nSPS) is 20.3. The lowest BCUT2D eigenvalue weighted by atomic mass is 9.94. The fourth-order valence-electron chi connectivity index (χ4n) is 5.53. The number of rotatable bonds is 7. The van der Waals surface area contributed by atoms with Crippen LogP contribution >= 0.6 is 0 Å². The molecule has 3 N–H and O–H groups in total. The summed E-state index contributed by atoms with van der Waals surface area (Å²) in [4.78, 5) is 34.3. The van der Waals surface area contributed by atoms with Gasteiger partial charge in [0, 0.05) is 43.0 Å². The van der Waals surface area contributed by atoms with Crippen LogP contribution in [0.5, 0.6) is 0 Å². The molecule has 0 spiro atoms. The van der Waals surface area contributed by atoms with E-state index in [1.165, 1.54) is 0 Å². The van der Waals surface area contributed by atoms with Gasteiger partial charge in [0.25, 0.3) is 5.91 Å². The summed E-state index contributed by atoms with van der Waals surface area (Å²) >= 11 is 0. The predicted octanol–water partition coefficient (Wildman–Crippen LogP) is 3.33. The number of aromatic nitrogens is 1. The zero-order valence-corrected chi connectivity index (χ0v) is 20.0. The largest absolute Gasteiger partial charge is 0.395 e. The number of likely N-dealkylation sites (tertiary alicyclic amines) is 2. The number of nitrogens with one attached hydrogen (secondary N) is 2. The van der Waals surface area contributed by atoms with Crippen molar-refractivity contribution in [2.45, 2.75) is 37.8 Å². The number of carbonyl (C=O) groups excluding carboxylic acids is 2. The number of hydrogen-bond acceptors (Lipinski definition) is 4. The molecule has 0 aliphatic carbocycles. The molecule has 3 aromatic rings. The Kier molecular flexibility index (Phi) is 7.16. The number of H-pyrrole nitrogens is 1. The third kappa shape index (κ3) is 5.26. The summed E-state index contributed by atoms with van der Waals surface area (Å²) in [6, 6.07) is 16.5. The van der Waals surface area contributed by atoms with Crippen molar-refractivity contribution in [3.05, 3.63) is 71.9 Å². The number of piperidine rings is 1. The molecule has 0 unspecified atom stereocenters. The minimum Gasteiger partial charge on any atom is -0.395 e. The minimum absolute atomic E-state index is 0.0571. The van der Waals surface area contributed by atoms with Gasteiger partial charge in [0.1, 0.15) is 6.04 Å². The fraction of sp³-hybridized carbons (Fsp3) is 0.429. The van der Waals surface area contributed by atoms with Gasteiger partial charge in [0.15, 0.2) is 0 Å². The Bertz CT molecular complexity index is 1150. The van der Waals surface area contributed by atoms with E-state index < -0.39 is 6.04 Å². The molecule has 2 atom stereocenters. The zero-order chi connectivity index (χ0) is 24.2. The number of amides is 2. The van der Waals surface area contributed by atoms with Gasteiger partial charge in [-0.05, 0) is 67.3 Å². The molecule has 0 radical (unpaired) electrons. The van der Waals surface area contributed by atoms with E-state index in [1.807, 2.05) is 59.6 Å². The summed E-state index contributed by atoms with van der Waals surface area (Å²) in [7, 11) is 0. The summed E-state index contributed by atoms with van der Waals surface area (Å²) in [5.74, 6) is 0.213. The van der Waals surface area contributed by atoms with Crippen LogP contribution < -0.4 is 5.32 Å². The molecule has 2 fully saturated rings. The van der Waals surface area contributed by atoms with Crippen molar-refractivity contribution >= 4 is 22.7 Å². The molecule has 2 aromatic carbocycles. The summed E-state index contributed by atoms with van der Waals surface area (Å²) in [6.45, 7) is 3.66. The highest BCUT2D eigenvalue weighted by molar-refractivity contribution is 6.00. The van der Waals surface area contributed by atoms with E-state index in [4.69, 9.17) is 0 Å². The number of carbonyl (C=O) groups is 2. The van der Waals surface area contributed by atoms with Crippen LogP contribution in [0.4, 0.5) is 0 Å². The van der Waals surface area contributed by atoms with Gasteiger partial charge in [-0.2, -0.15) is 0 Å². The molecule has 2 amide bonds. The lowest BCUT2D eigenvalue weighted by Crippen LogP contribution is -2.47. The Hall–Kier alpha value is -3.16. The molecule has 2 saturated heterocycles. The Morgan fingerprint density at radius 2 is 1.83 bits per heavy atom. The predicted molar refractivity (Wildman–Crippen MR) is 136 cm³/mol. The molecule has 1 aromatic heterocycles. The second-order valence-corrected chi connectivity index (χ2v) is 9.84. The van der Waals surface area contributed by atoms with Gasteiger partial charge in [0.2, 0.25) is 5.91 Å². The number of aliphatic hydroxyl groups is 1. The summed E-state index contributed by atoms with van der Waals surface area (Å²) in [5.41, 5.74) is 2.21. The number of fused-ring (bicyclic) bond motifs is 1. The van der Waals surface area contributed by atoms with Crippen molar-refractivity contribution in [2.75, 3.05) is 32.8 Å². The van der Waals surface area contributed by atoms with E-state index >= 15 is 0 Å². The van der Waals surface area contributed by atoms with Crippen molar-refractivity contribution in [2.24, 2.45) is 5.92 Å².